The second-order valence-corrected chi connectivity index (χ2v) is 6.44. The van der Waals surface area contributed by atoms with Crippen LogP contribution in [0.3, 0.4) is 0 Å². The van der Waals surface area contributed by atoms with Crippen molar-refractivity contribution in [2.24, 2.45) is 13.0 Å². The van der Waals surface area contributed by atoms with Crippen LogP contribution in [0.5, 0.6) is 0 Å². The van der Waals surface area contributed by atoms with E-state index in [0.717, 1.165) is 12.8 Å². The minimum Gasteiger partial charge on any atom is -0.398 e. The van der Waals surface area contributed by atoms with Gasteiger partial charge in [-0.1, -0.05) is 12.1 Å². The molecule has 1 aliphatic rings. The van der Waals surface area contributed by atoms with Crippen LogP contribution in [-0.4, -0.2) is 46.1 Å². The van der Waals surface area contributed by atoms with Gasteiger partial charge in [0.05, 0.1) is 17.3 Å². The fraction of sp³-hybridized carbons (Fsp3) is 0.389. The van der Waals surface area contributed by atoms with Crippen molar-refractivity contribution in [1.29, 1.82) is 0 Å². The third-order valence-corrected chi connectivity index (χ3v) is 4.61. The number of rotatable bonds is 4. The van der Waals surface area contributed by atoms with E-state index in [1.807, 2.05) is 17.0 Å². The lowest BCUT2D eigenvalue weighted by Gasteiger charge is -2.32. The standard InChI is InChI=1S/C18H23N5O2/c1-22-12-14(11-21-22)17(24)20-10-13-6-8-23(9-7-13)18(25)15-4-2-3-5-16(15)19/h2-5,11-13H,6-10,19H2,1H3,(H,20,24). The number of carbonyl (C=O) groups is 2. The SMILES string of the molecule is Cn1cc(C(=O)NCC2CCN(C(=O)c3ccccc3N)CC2)cn1. The summed E-state index contributed by atoms with van der Waals surface area (Å²) in [5.74, 6) is 0.248. The van der Waals surface area contributed by atoms with Crippen LogP contribution in [0.1, 0.15) is 33.6 Å². The molecule has 0 aliphatic carbocycles. The molecule has 7 heteroatoms. The van der Waals surface area contributed by atoms with Crippen LogP contribution in [0.4, 0.5) is 5.69 Å². The molecule has 1 aromatic carbocycles. The van der Waals surface area contributed by atoms with E-state index in [-0.39, 0.29) is 11.8 Å². The molecule has 1 saturated heterocycles. The van der Waals surface area contributed by atoms with Crippen molar-refractivity contribution in [2.75, 3.05) is 25.4 Å². The first-order valence-corrected chi connectivity index (χ1v) is 8.45. The highest BCUT2D eigenvalue weighted by atomic mass is 16.2. The molecule has 0 unspecified atom stereocenters. The number of amides is 2. The van der Waals surface area contributed by atoms with Gasteiger partial charge in [-0.05, 0) is 30.9 Å². The van der Waals surface area contributed by atoms with Crippen LogP contribution in [0.15, 0.2) is 36.7 Å². The summed E-state index contributed by atoms with van der Waals surface area (Å²) in [7, 11) is 1.78. The fourth-order valence-electron chi connectivity index (χ4n) is 3.08. The summed E-state index contributed by atoms with van der Waals surface area (Å²) in [6, 6.07) is 7.15. The first-order valence-electron chi connectivity index (χ1n) is 8.45. The van der Waals surface area contributed by atoms with Crippen molar-refractivity contribution in [2.45, 2.75) is 12.8 Å². The van der Waals surface area contributed by atoms with E-state index in [9.17, 15) is 9.59 Å². The number of hydrogen-bond donors (Lipinski definition) is 2. The van der Waals surface area contributed by atoms with Crippen molar-refractivity contribution in [3.63, 3.8) is 0 Å². The molecule has 132 valence electrons. The third-order valence-electron chi connectivity index (χ3n) is 4.61. The summed E-state index contributed by atoms with van der Waals surface area (Å²) in [6.07, 6.45) is 4.99. The molecule has 0 radical (unpaired) electrons. The van der Waals surface area contributed by atoms with E-state index in [1.165, 1.54) is 0 Å². The number of carbonyl (C=O) groups excluding carboxylic acids is 2. The second-order valence-electron chi connectivity index (χ2n) is 6.44. The van der Waals surface area contributed by atoms with Crippen LogP contribution in [0.2, 0.25) is 0 Å². The summed E-state index contributed by atoms with van der Waals surface area (Å²) < 4.78 is 1.61. The number of likely N-dealkylation sites (tertiary alicyclic amines) is 1. The number of nitrogens with zero attached hydrogens (tertiary/aromatic N) is 3. The molecule has 0 saturated carbocycles. The summed E-state index contributed by atoms with van der Waals surface area (Å²) >= 11 is 0. The molecule has 3 N–H and O–H groups in total. The number of nitrogens with two attached hydrogens (primary N) is 1. The minimum absolute atomic E-state index is 0.0176. The van der Waals surface area contributed by atoms with Crippen molar-refractivity contribution in [3.05, 3.63) is 47.8 Å². The Morgan fingerprint density at radius 1 is 1.28 bits per heavy atom. The summed E-state index contributed by atoms with van der Waals surface area (Å²) in [5.41, 5.74) is 7.53. The maximum absolute atomic E-state index is 12.5. The predicted octanol–water partition coefficient (Wildman–Crippen LogP) is 1.28. The van der Waals surface area contributed by atoms with Gasteiger partial charge >= 0.3 is 0 Å². The van der Waals surface area contributed by atoms with Crippen molar-refractivity contribution < 1.29 is 9.59 Å². The minimum atomic E-state index is -0.108. The Bertz CT molecular complexity index is 762. The zero-order chi connectivity index (χ0) is 17.8. The number of piperidine rings is 1. The molecule has 2 amide bonds. The Morgan fingerprint density at radius 2 is 2.00 bits per heavy atom. The number of benzene rings is 1. The molecule has 0 spiro atoms. The Hall–Kier alpha value is -2.83. The number of nitrogen functional groups attached to an aromatic ring is 1. The monoisotopic (exact) mass is 341 g/mol. The highest BCUT2D eigenvalue weighted by Crippen LogP contribution is 2.20. The Labute approximate surface area is 146 Å². The van der Waals surface area contributed by atoms with E-state index in [1.54, 1.807) is 36.3 Å². The average molecular weight is 341 g/mol. The van der Waals surface area contributed by atoms with Crippen molar-refractivity contribution in [1.82, 2.24) is 20.0 Å². The lowest BCUT2D eigenvalue weighted by molar-refractivity contribution is 0.0685. The molecule has 25 heavy (non-hydrogen) atoms. The molecule has 3 rings (SSSR count). The van der Waals surface area contributed by atoms with E-state index in [0.29, 0.717) is 42.4 Å². The van der Waals surface area contributed by atoms with Crippen molar-refractivity contribution >= 4 is 17.5 Å². The zero-order valence-corrected chi connectivity index (χ0v) is 14.3. The summed E-state index contributed by atoms with van der Waals surface area (Å²) in [6.45, 7) is 1.98. The van der Waals surface area contributed by atoms with E-state index in [4.69, 9.17) is 5.73 Å². The molecule has 0 bridgehead atoms. The van der Waals surface area contributed by atoms with Crippen LogP contribution in [0.25, 0.3) is 0 Å². The number of nitrogens with one attached hydrogen (secondary N) is 1. The third kappa shape index (κ3) is 3.99. The van der Waals surface area contributed by atoms with Gasteiger partial charge in [-0.15, -0.1) is 0 Å². The lowest BCUT2D eigenvalue weighted by atomic mass is 9.96. The highest BCUT2D eigenvalue weighted by molar-refractivity contribution is 5.99. The normalized spacial score (nSPS) is 15.2. The molecular formula is C18H23N5O2. The first kappa shape index (κ1) is 17.0. The predicted molar refractivity (Wildman–Crippen MR) is 95.0 cm³/mol. The summed E-state index contributed by atoms with van der Waals surface area (Å²) in [4.78, 5) is 26.4. The van der Waals surface area contributed by atoms with Gasteiger partial charge in [0.25, 0.3) is 11.8 Å². The van der Waals surface area contributed by atoms with Gasteiger partial charge in [0.2, 0.25) is 0 Å². The van der Waals surface area contributed by atoms with E-state index in [2.05, 4.69) is 10.4 Å². The van der Waals surface area contributed by atoms with Crippen molar-refractivity contribution in [3.8, 4) is 0 Å². The van der Waals surface area contributed by atoms with Gasteiger partial charge in [-0.3, -0.25) is 14.3 Å². The maximum Gasteiger partial charge on any atom is 0.255 e. The molecule has 1 fully saturated rings. The number of aromatic nitrogens is 2. The van der Waals surface area contributed by atoms with Gasteiger partial charge < -0.3 is 16.0 Å². The molecule has 2 heterocycles. The summed E-state index contributed by atoms with van der Waals surface area (Å²) in [5, 5.41) is 6.95. The average Bonchev–Trinajstić information content (AvgIpc) is 3.06. The Kier molecular flexibility index (Phi) is 5.02. The molecule has 1 aliphatic heterocycles. The number of hydrogen-bond acceptors (Lipinski definition) is 4. The largest absolute Gasteiger partial charge is 0.398 e. The Morgan fingerprint density at radius 3 is 2.64 bits per heavy atom. The topological polar surface area (TPSA) is 93.2 Å². The van der Waals surface area contributed by atoms with Gasteiger partial charge in [0, 0.05) is 38.6 Å². The number of para-hydroxylation sites is 1. The zero-order valence-electron chi connectivity index (χ0n) is 14.3. The first-order chi connectivity index (χ1) is 12.0. The molecule has 0 atom stereocenters. The second kappa shape index (κ2) is 7.38. The van der Waals surface area contributed by atoms with Gasteiger partial charge in [0.15, 0.2) is 0 Å². The number of aryl methyl sites for hydroxylation is 1. The maximum atomic E-state index is 12.5. The smallest absolute Gasteiger partial charge is 0.255 e. The van der Waals surface area contributed by atoms with Crippen LogP contribution < -0.4 is 11.1 Å². The quantitative estimate of drug-likeness (QED) is 0.820. The van der Waals surface area contributed by atoms with E-state index >= 15 is 0 Å². The van der Waals surface area contributed by atoms with Crippen LogP contribution >= 0.6 is 0 Å². The molecule has 7 nitrogen and oxygen atoms in total. The van der Waals surface area contributed by atoms with Gasteiger partial charge in [-0.2, -0.15) is 5.10 Å². The molecular weight excluding hydrogens is 318 g/mol. The number of anilines is 1. The van der Waals surface area contributed by atoms with Gasteiger partial charge in [0.1, 0.15) is 0 Å². The van der Waals surface area contributed by atoms with Crippen LogP contribution in [0, 0.1) is 5.92 Å². The highest BCUT2D eigenvalue weighted by Gasteiger charge is 2.25. The molecule has 2 aromatic rings. The Balaban J connectivity index is 1.48. The fourth-order valence-corrected chi connectivity index (χ4v) is 3.08. The lowest BCUT2D eigenvalue weighted by Crippen LogP contribution is -2.41. The molecule has 1 aromatic heterocycles. The van der Waals surface area contributed by atoms with Crippen LogP contribution in [-0.2, 0) is 7.05 Å². The van der Waals surface area contributed by atoms with Gasteiger partial charge in [-0.25, -0.2) is 0 Å². The van der Waals surface area contributed by atoms with E-state index < -0.39 is 0 Å².